The maximum absolute atomic E-state index is 12.8. The number of esters is 3. The van der Waals surface area contributed by atoms with Crippen LogP contribution in [0.2, 0.25) is 0 Å². The summed E-state index contributed by atoms with van der Waals surface area (Å²) in [5.74, 6) is -1.52. The Morgan fingerprint density at radius 2 is 1.87 bits per heavy atom. The Morgan fingerprint density at radius 1 is 1.19 bits per heavy atom. The molecule has 2 aliphatic carbocycles. The van der Waals surface area contributed by atoms with Crippen LogP contribution in [-0.4, -0.2) is 35.7 Å². The smallest absolute Gasteiger partial charge is 0.338 e. The van der Waals surface area contributed by atoms with Gasteiger partial charge < -0.3 is 14.2 Å². The fourth-order valence-electron chi connectivity index (χ4n) is 5.28. The molecule has 6 heteroatoms. The Labute approximate surface area is 182 Å². The summed E-state index contributed by atoms with van der Waals surface area (Å²) < 4.78 is 17.4. The summed E-state index contributed by atoms with van der Waals surface area (Å²) in [5.41, 5.74) is 2.99. The molecule has 3 aliphatic rings. The van der Waals surface area contributed by atoms with Crippen molar-refractivity contribution in [3.05, 3.63) is 58.7 Å². The summed E-state index contributed by atoms with van der Waals surface area (Å²) in [6, 6.07) is 7.22. The molecule has 164 valence electrons. The van der Waals surface area contributed by atoms with Crippen LogP contribution in [0.25, 0.3) is 0 Å². The molecule has 1 unspecified atom stereocenters. The van der Waals surface area contributed by atoms with Gasteiger partial charge in [0.1, 0.15) is 17.8 Å². The van der Waals surface area contributed by atoms with E-state index in [1.165, 1.54) is 6.92 Å². The Hall–Kier alpha value is -2.89. The van der Waals surface area contributed by atoms with Gasteiger partial charge >= 0.3 is 17.9 Å². The van der Waals surface area contributed by atoms with Gasteiger partial charge in [-0.3, -0.25) is 4.79 Å². The molecule has 1 saturated heterocycles. The second-order valence-electron chi connectivity index (χ2n) is 9.09. The van der Waals surface area contributed by atoms with Crippen LogP contribution >= 0.6 is 0 Å². The predicted molar refractivity (Wildman–Crippen MR) is 113 cm³/mol. The van der Waals surface area contributed by atoms with Gasteiger partial charge in [-0.15, -0.1) is 0 Å². The summed E-state index contributed by atoms with van der Waals surface area (Å²) in [6.45, 7) is 11.1. The third-order valence-corrected chi connectivity index (χ3v) is 6.98. The highest BCUT2D eigenvalue weighted by Crippen LogP contribution is 2.53. The molecule has 1 aromatic carbocycles. The Kier molecular flexibility index (Phi) is 5.28. The molecule has 1 aliphatic heterocycles. The van der Waals surface area contributed by atoms with Crippen LogP contribution < -0.4 is 0 Å². The summed E-state index contributed by atoms with van der Waals surface area (Å²) in [7, 11) is 0. The number of carbonyl (C=O) groups is 3. The highest BCUT2D eigenvalue weighted by atomic mass is 16.6. The van der Waals surface area contributed by atoms with Gasteiger partial charge in [0.15, 0.2) is 0 Å². The first kappa shape index (κ1) is 21.3. The molecule has 0 radical (unpaired) electrons. The van der Waals surface area contributed by atoms with Gasteiger partial charge in [0.05, 0.1) is 5.56 Å². The van der Waals surface area contributed by atoms with Gasteiger partial charge in [-0.1, -0.05) is 24.3 Å². The van der Waals surface area contributed by atoms with Crippen LogP contribution in [0, 0.1) is 18.8 Å². The summed E-state index contributed by atoms with van der Waals surface area (Å²) in [5, 5.41) is 0. The van der Waals surface area contributed by atoms with Crippen LogP contribution in [0.5, 0.6) is 0 Å². The SMILES string of the molecule is C=C1C(=O)O[C@@H]2C3=C(C)[C@@H](OC(=O)c4ccc(C)cc4)CC3[C@](C)(OC(C)=O)CC[C@@H]12. The third-order valence-electron chi connectivity index (χ3n) is 6.98. The number of aryl methyl sites for hydroxylation is 1. The summed E-state index contributed by atoms with van der Waals surface area (Å²) >= 11 is 0. The third kappa shape index (κ3) is 3.68. The number of benzene rings is 1. The van der Waals surface area contributed by atoms with Crippen molar-refractivity contribution in [2.24, 2.45) is 11.8 Å². The fourth-order valence-corrected chi connectivity index (χ4v) is 5.28. The zero-order valence-electron chi connectivity index (χ0n) is 18.4. The van der Waals surface area contributed by atoms with Crippen molar-refractivity contribution < 1.29 is 28.6 Å². The van der Waals surface area contributed by atoms with E-state index in [-0.39, 0.29) is 23.8 Å². The quantitative estimate of drug-likeness (QED) is 0.315. The Balaban J connectivity index is 1.68. The zero-order chi connectivity index (χ0) is 22.5. The van der Waals surface area contributed by atoms with E-state index in [0.29, 0.717) is 30.4 Å². The van der Waals surface area contributed by atoms with E-state index in [1.54, 1.807) is 12.1 Å². The molecule has 2 fully saturated rings. The normalized spacial score (nSPS) is 32.1. The van der Waals surface area contributed by atoms with Crippen LogP contribution in [0.4, 0.5) is 0 Å². The van der Waals surface area contributed by atoms with Crippen molar-refractivity contribution in [1.82, 2.24) is 0 Å². The molecule has 1 saturated carbocycles. The molecular weight excluding hydrogens is 396 g/mol. The van der Waals surface area contributed by atoms with E-state index in [4.69, 9.17) is 14.2 Å². The molecule has 5 atom stereocenters. The van der Waals surface area contributed by atoms with Gasteiger partial charge in [0.25, 0.3) is 0 Å². The average Bonchev–Trinajstić information content (AvgIpc) is 3.13. The molecule has 1 aromatic rings. The lowest BCUT2D eigenvalue weighted by atomic mass is 9.81. The minimum atomic E-state index is -0.773. The lowest BCUT2D eigenvalue weighted by Gasteiger charge is -2.35. The monoisotopic (exact) mass is 424 g/mol. The second kappa shape index (κ2) is 7.66. The topological polar surface area (TPSA) is 78.9 Å². The van der Waals surface area contributed by atoms with Crippen LogP contribution in [-0.2, 0) is 23.8 Å². The Morgan fingerprint density at radius 3 is 2.52 bits per heavy atom. The summed E-state index contributed by atoms with van der Waals surface area (Å²) in [4.78, 5) is 36.9. The highest BCUT2D eigenvalue weighted by Gasteiger charge is 2.56. The van der Waals surface area contributed by atoms with Crippen molar-refractivity contribution in [1.29, 1.82) is 0 Å². The van der Waals surface area contributed by atoms with E-state index in [9.17, 15) is 14.4 Å². The van der Waals surface area contributed by atoms with E-state index in [1.807, 2.05) is 32.9 Å². The molecule has 0 amide bonds. The summed E-state index contributed by atoms with van der Waals surface area (Å²) in [6.07, 6.45) is 0.764. The van der Waals surface area contributed by atoms with E-state index >= 15 is 0 Å². The minimum absolute atomic E-state index is 0.163. The van der Waals surface area contributed by atoms with Crippen molar-refractivity contribution in [2.45, 2.75) is 64.8 Å². The van der Waals surface area contributed by atoms with Gasteiger partial charge in [0, 0.05) is 24.3 Å². The first-order chi connectivity index (χ1) is 14.6. The van der Waals surface area contributed by atoms with Gasteiger partial charge in [-0.25, -0.2) is 9.59 Å². The molecule has 0 aromatic heterocycles. The van der Waals surface area contributed by atoms with Gasteiger partial charge in [0.2, 0.25) is 0 Å². The minimum Gasteiger partial charge on any atom is -0.459 e. The lowest BCUT2D eigenvalue weighted by Crippen LogP contribution is -2.40. The molecule has 0 bridgehead atoms. The van der Waals surface area contributed by atoms with Crippen LogP contribution in [0.3, 0.4) is 0 Å². The first-order valence-electron chi connectivity index (χ1n) is 10.7. The molecule has 1 heterocycles. The number of hydrogen-bond acceptors (Lipinski definition) is 6. The largest absolute Gasteiger partial charge is 0.459 e. The molecule has 4 rings (SSSR count). The maximum Gasteiger partial charge on any atom is 0.338 e. The molecule has 31 heavy (non-hydrogen) atoms. The standard InChI is InChI=1S/C25H28O6/c1-13-6-8-17(9-7-13)24(28)29-20-12-19-21(15(20)3)22-18(14(2)23(27)30-22)10-11-25(19,5)31-16(4)26/h6-9,18-20,22H,2,10-12H2,1,3-5H3/t18-,19?,20-,22-,25+/m0/s1. The van der Waals surface area contributed by atoms with Crippen LogP contribution in [0.15, 0.2) is 47.6 Å². The average molecular weight is 424 g/mol. The van der Waals surface area contributed by atoms with Crippen molar-refractivity contribution >= 4 is 17.9 Å². The maximum atomic E-state index is 12.8. The van der Waals surface area contributed by atoms with E-state index in [2.05, 4.69) is 6.58 Å². The molecular formula is C25H28O6. The van der Waals surface area contributed by atoms with Gasteiger partial charge in [-0.2, -0.15) is 0 Å². The van der Waals surface area contributed by atoms with E-state index in [0.717, 1.165) is 16.7 Å². The first-order valence-corrected chi connectivity index (χ1v) is 10.7. The Bertz CT molecular complexity index is 988. The van der Waals surface area contributed by atoms with Gasteiger partial charge in [-0.05, 0) is 63.3 Å². The predicted octanol–water partition coefficient (Wildman–Crippen LogP) is 4.07. The number of carbonyl (C=O) groups excluding carboxylic acids is 3. The number of rotatable bonds is 3. The fraction of sp³-hybridized carbons (Fsp3) is 0.480. The number of ether oxygens (including phenoxy) is 3. The molecule has 0 spiro atoms. The van der Waals surface area contributed by atoms with Crippen molar-refractivity contribution in [3.8, 4) is 0 Å². The number of fused-ring (bicyclic) bond motifs is 3. The van der Waals surface area contributed by atoms with E-state index < -0.39 is 23.8 Å². The lowest BCUT2D eigenvalue weighted by molar-refractivity contribution is -0.161. The number of hydrogen-bond donors (Lipinski definition) is 0. The van der Waals surface area contributed by atoms with Crippen LogP contribution in [0.1, 0.15) is 56.0 Å². The molecule has 6 nitrogen and oxygen atoms in total. The highest BCUT2D eigenvalue weighted by molar-refractivity contribution is 5.91. The zero-order valence-corrected chi connectivity index (χ0v) is 18.4. The van der Waals surface area contributed by atoms with Crippen molar-refractivity contribution in [2.75, 3.05) is 0 Å². The second-order valence-corrected chi connectivity index (χ2v) is 9.09. The van der Waals surface area contributed by atoms with Crippen molar-refractivity contribution in [3.63, 3.8) is 0 Å². The molecule has 0 N–H and O–H groups in total.